The molecule has 0 heterocycles. The van der Waals surface area contributed by atoms with Gasteiger partial charge in [0.2, 0.25) is 0 Å². The zero-order valence-electron chi connectivity index (χ0n) is 31.1. The fraction of sp³-hybridized carbons (Fsp3) is 0.163. The lowest BCUT2D eigenvalue weighted by atomic mass is 9.84. The summed E-state index contributed by atoms with van der Waals surface area (Å²) < 4.78 is 1.21. The fourth-order valence-electron chi connectivity index (χ4n) is 8.05. The van der Waals surface area contributed by atoms with E-state index in [0.717, 1.165) is 22.7 Å². The van der Waals surface area contributed by atoms with Crippen LogP contribution >= 0.6 is 22.6 Å². The molecule has 0 saturated heterocycles. The second kappa shape index (κ2) is 13.9. The summed E-state index contributed by atoms with van der Waals surface area (Å²) in [6.07, 6.45) is 0. The smallest absolute Gasteiger partial charge is 0.0991 e. The molecule has 0 aliphatic carbocycles. The molecule has 0 radical (unpaired) electrons. The molecule has 0 N–H and O–H groups in total. The first-order valence-corrected chi connectivity index (χ1v) is 19.5. The third kappa shape index (κ3) is 5.98. The highest BCUT2D eigenvalue weighted by molar-refractivity contribution is 14.1. The van der Waals surface area contributed by atoms with Gasteiger partial charge in [-0.2, -0.15) is 5.26 Å². The van der Waals surface area contributed by atoms with Crippen molar-refractivity contribution in [3.63, 3.8) is 0 Å². The lowest BCUT2D eigenvalue weighted by molar-refractivity contribution is 0.875. The number of nitrogens with zero attached hydrogens (tertiary/aromatic N) is 3. The Bertz CT molecular complexity index is 2670. The Kier molecular flexibility index (Phi) is 9.08. The topological polar surface area (TPSA) is 30.3 Å². The van der Waals surface area contributed by atoms with E-state index in [1.165, 1.54) is 69.5 Å². The summed E-state index contributed by atoms with van der Waals surface area (Å²) in [5, 5.41) is 17.3. The van der Waals surface area contributed by atoms with Crippen LogP contribution in [-0.2, 0) is 0 Å². The van der Waals surface area contributed by atoms with Gasteiger partial charge in [0.05, 0.1) is 23.0 Å². The largest absolute Gasteiger partial charge is 0.310 e. The highest BCUT2D eigenvalue weighted by atomic mass is 127. The summed E-state index contributed by atoms with van der Waals surface area (Å²) in [6.45, 7) is 13.6. The first kappa shape index (κ1) is 34.7. The van der Waals surface area contributed by atoms with Crippen LogP contribution in [0.3, 0.4) is 0 Å². The average molecular weight is 800 g/mol. The minimum atomic E-state index is 0.289. The first-order valence-electron chi connectivity index (χ1n) is 18.4. The number of benzene rings is 8. The number of nitriles is 1. The van der Waals surface area contributed by atoms with Crippen LogP contribution in [-0.4, -0.2) is 0 Å². The van der Waals surface area contributed by atoms with Gasteiger partial charge in [0.1, 0.15) is 0 Å². The normalized spacial score (nSPS) is 11.6. The minimum absolute atomic E-state index is 0.289. The molecule has 4 heteroatoms. The van der Waals surface area contributed by atoms with Crippen LogP contribution in [0.5, 0.6) is 0 Å². The van der Waals surface area contributed by atoms with Gasteiger partial charge in [-0.3, -0.25) is 0 Å². The Balaban J connectivity index is 1.53. The van der Waals surface area contributed by atoms with Crippen molar-refractivity contribution in [2.75, 3.05) is 9.80 Å². The van der Waals surface area contributed by atoms with E-state index in [9.17, 15) is 5.26 Å². The molecule has 260 valence electrons. The second-order valence-corrected chi connectivity index (χ2v) is 16.0. The van der Waals surface area contributed by atoms with Gasteiger partial charge in [-0.05, 0) is 165 Å². The SMILES string of the molecule is Cc1ccccc1N(c1ccc(I)cc1)c1cc(C(C)C)c2ccc3c(N(c4ccc(C#N)cc4)c4ccccc4C)cc(C(C)C)c4ccc1c2c43. The minimum Gasteiger partial charge on any atom is -0.310 e. The van der Waals surface area contributed by atoms with Crippen LogP contribution in [0, 0.1) is 28.7 Å². The molecule has 0 aliphatic heterocycles. The second-order valence-electron chi connectivity index (χ2n) is 14.7. The lowest BCUT2D eigenvalue weighted by Crippen LogP contribution is -2.14. The number of hydrogen-bond donors (Lipinski definition) is 0. The monoisotopic (exact) mass is 799 g/mol. The highest BCUT2D eigenvalue weighted by Crippen LogP contribution is 2.51. The highest BCUT2D eigenvalue weighted by Gasteiger charge is 2.26. The molecule has 3 nitrogen and oxygen atoms in total. The molecule has 8 rings (SSSR count). The maximum atomic E-state index is 9.67. The van der Waals surface area contributed by atoms with Gasteiger partial charge in [0, 0.05) is 37.1 Å². The van der Waals surface area contributed by atoms with Crippen LogP contribution in [0.15, 0.2) is 133 Å². The maximum Gasteiger partial charge on any atom is 0.0991 e. The van der Waals surface area contributed by atoms with E-state index < -0.39 is 0 Å². The Morgan fingerprint density at radius 1 is 0.491 bits per heavy atom. The summed E-state index contributed by atoms with van der Waals surface area (Å²) in [5.74, 6) is 0.595. The molecule has 0 atom stereocenters. The van der Waals surface area contributed by atoms with Gasteiger partial charge in [0.25, 0.3) is 0 Å². The molecular weight excluding hydrogens is 757 g/mol. The molecule has 0 bridgehead atoms. The van der Waals surface area contributed by atoms with Gasteiger partial charge in [0.15, 0.2) is 0 Å². The molecule has 0 fully saturated rings. The molecule has 0 aliphatic rings. The number of para-hydroxylation sites is 2. The molecule has 8 aromatic carbocycles. The summed E-state index contributed by atoms with van der Waals surface area (Å²) in [7, 11) is 0. The van der Waals surface area contributed by atoms with Crippen molar-refractivity contribution in [3.8, 4) is 6.07 Å². The van der Waals surface area contributed by atoms with Gasteiger partial charge in [-0.25, -0.2) is 0 Å². The average Bonchev–Trinajstić information content (AvgIpc) is 3.16. The van der Waals surface area contributed by atoms with Crippen molar-refractivity contribution in [2.24, 2.45) is 0 Å². The number of aryl methyl sites for hydroxylation is 2. The molecule has 0 saturated carbocycles. The van der Waals surface area contributed by atoms with Gasteiger partial charge in [-0.1, -0.05) is 88.4 Å². The quantitative estimate of drug-likeness (QED) is 0.113. The zero-order valence-corrected chi connectivity index (χ0v) is 33.2. The Labute approximate surface area is 326 Å². The van der Waals surface area contributed by atoms with Crippen molar-refractivity contribution in [2.45, 2.75) is 53.4 Å². The summed E-state index contributed by atoms with van der Waals surface area (Å²) in [6, 6.07) is 50.8. The first-order chi connectivity index (χ1) is 25.7. The van der Waals surface area contributed by atoms with E-state index in [1.54, 1.807) is 0 Å². The number of anilines is 6. The van der Waals surface area contributed by atoms with Gasteiger partial charge in [-0.15, -0.1) is 0 Å². The van der Waals surface area contributed by atoms with Crippen molar-refractivity contribution in [3.05, 3.63) is 165 Å². The standard InChI is InChI=1S/C49H42IN3/c1-30(2)42-27-46(52(44-13-9-7-11-32(44)5)36-19-15-34(29-51)16-20-36)40-25-23-39-43(31(3)4)28-47(41-26-24-38(42)48(40)49(39)41)53(37-21-17-35(50)18-22-37)45-14-10-8-12-33(45)6/h7-28,30-31H,1-6H3. The number of halogens is 1. The Morgan fingerprint density at radius 3 is 1.28 bits per heavy atom. The van der Waals surface area contributed by atoms with E-state index in [0.29, 0.717) is 11.5 Å². The van der Waals surface area contributed by atoms with Crippen LogP contribution in [0.4, 0.5) is 34.1 Å². The fourth-order valence-corrected chi connectivity index (χ4v) is 8.41. The van der Waals surface area contributed by atoms with Crippen LogP contribution in [0.25, 0.3) is 32.3 Å². The Hall–Kier alpha value is -5.38. The molecule has 0 aromatic heterocycles. The molecular formula is C49H42IN3. The molecule has 53 heavy (non-hydrogen) atoms. The number of rotatable bonds is 8. The predicted octanol–water partition coefficient (Wildman–Crippen LogP) is 14.9. The van der Waals surface area contributed by atoms with Gasteiger partial charge < -0.3 is 9.80 Å². The van der Waals surface area contributed by atoms with Crippen molar-refractivity contribution in [1.82, 2.24) is 0 Å². The molecule has 8 aromatic rings. The summed E-state index contributed by atoms with van der Waals surface area (Å²) >= 11 is 2.39. The lowest BCUT2D eigenvalue weighted by Gasteiger charge is -2.32. The van der Waals surface area contributed by atoms with Crippen molar-refractivity contribution < 1.29 is 0 Å². The molecule has 0 spiro atoms. The predicted molar refractivity (Wildman–Crippen MR) is 235 cm³/mol. The van der Waals surface area contributed by atoms with Crippen molar-refractivity contribution >= 4 is 89.0 Å². The number of hydrogen-bond acceptors (Lipinski definition) is 3. The van der Waals surface area contributed by atoms with E-state index in [2.05, 4.69) is 201 Å². The van der Waals surface area contributed by atoms with E-state index >= 15 is 0 Å². The molecule has 0 unspecified atom stereocenters. The summed E-state index contributed by atoms with van der Waals surface area (Å²) in [5.41, 5.74) is 12.5. The van der Waals surface area contributed by atoms with Crippen LogP contribution in [0.2, 0.25) is 0 Å². The van der Waals surface area contributed by atoms with Crippen LogP contribution < -0.4 is 9.80 Å². The van der Waals surface area contributed by atoms with Crippen molar-refractivity contribution in [1.29, 1.82) is 5.26 Å². The maximum absolute atomic E-state index is 9.67. The third-order valence-corrected chi connectivity index (χ3v) is 11.4. The van der Waals surface area contributed by atoms with E-state index in [1.807, 2.05) is 12.1 Å². The van der Waals surface area contributed by atoms with E-state index in [4.69, 9.17) is 0 Å². The third-order valence-electron chi connectivity index (χ3n) is 10.7. The van der Waals surface area contributed by atoms with Gasteiger partial charge >= 0.3 is 0 Å². The summed E-state index contributed by atoms with van der Waals surface area (Å²) in [4.78, 5) is 4.85. The van der Waals surface area contributed by atoms with E-state index in [-0.39, 0.29) is 5.92 Å². The van der Waals surface area contributed by atoms with Crippen LogP contribution in [0.1, 0.15) is 67.3 Å². The zero-order chi connectivity index (χ0) is 37.0. The Morgan fingerprint density at radius 2 is 0.887 bits per heavy atom. The molecule has 0 amide bonds.